The molecule has 0 radical (unpaired) electrons. The molecule has 3 unspecified atom stereocenters. The summed E-state index contributed by atoms with van der Waals surface area (Å²) in [5.74, 6) is 0.643. The van der Waals surface area contributed by atoms with Crippen LogP contribution < -0.4 is 21.7 Å². The number of nitrogens with two attached hydrogens (primary N) is 1. The molecule has 4 rings (SSSR count). The first-order valence-electron chi connectivity index (χ1n) is 15.6. The molecule has 2 aliphatic rings. The average molecular weight is 591 g/mol. The van der Waals surface area contributed by atoms with Gasteiger partial charge in [0.05, 0.1) is 12.5 Å². The number of rotatable bonds is 10. The molecule has 10 heteroatoms. The van der Waals surface area contributed by atoms with Crippen LogP contribution >= 0.6 is 0 Å². The van der Waals surface area contributed by atoms with Gasteiger partial charge in [0, 0.05) is 32.2 Å². The van der Waals surface area contributed by atoms with Crippen LogP contribution in [0.5, 0.6) is 0 Å². The third-order valence-electron chi connectivity index (χ3n) is 8.38. The Balaban J connectivity index is 1.20. The minimum absolute atomic E-state index is 0.0398. The molecule has 232 valence electrons. The van der Waals surface area contributed by atoms with E-state index in [0.29, 0.717) is 63.9 Å². The van der Waals surface area contributed by atoms with Crippen LogP contribution in [-0.4, -0.2) is 67.7 Å². The first-order valence-corrected chi connectivity index (χ1v) is 15.6. The largest absolute Gasteiger partial charge is 0.450 e. The Morgan fingerprint density at radius 1 is 0.977 bits per heavy atom. The Morgan fingerprint density at radius 3 is 2.35 bits per heavy atom. The number of likely N-dealkylation sites (tertiary alicyclic amines) is 1. The topological polar surface area (TPSA) is 138 Å². The van der Waals surface area contributed by atoms with Gasteiger partial charge in [-0.3, -0.25) is 15.1 Å². The lowest BCUT2D eigenvalue weighted by atomic mass is 9.81. The van der Waals surface area contributed by atoms with Gasteiger partial charge in [0.15, 0.2) is 5.96 Å². The fraction of sp³-hybridized carbons (Fsp3) is 0.515. The van der Waals surface area contributed by atoms with E-state index in [1.54, 1.807) is 11.8 Å². The van der Waals surface area contributed by atoms with Crippen molar-refractivity contribution >= 4 is 24.0 Å². The number of urea groups is 1. The van der Waals surface area contributed by atoms with E-state index in [0.717, 1.165) is 36.8 Å². The predicted octanol–water partition coefficient (Wildman–Crippen LogP) is 4.17. The molecule has 0 bridgehead atoms. The molecule has 5 N–H and O–H groups in total. The number of hydrogen-bond acceptors (Lipinski definition) is 5. The second-order valence-electron chi connectivity index (χ2n) is 11.6. The second-order valence-corrected chi connectivity index (χ2v) is 11.6. The van der Waals surface area contributed by atoms with Crippen molar-refractivity contribution < 1.29 is 19.1 Å². The number of hydrogen-bond donors (Lipinski definition) is 4. The number of guanidine groups is 1. The molecule has 2 aromatic carbocycles. The Hall–Kier alpha value is -4.08. The summed E-state index contributed by atoms with van der Waals surface area (Å²) in [6, 6.07) is 19.7. The molecule has 2 fully saturated rings. The number of benzene rings is 2. The Morgan fingerprint density at radius 2 is 1.65 bits per heavy atom. The first kappa shape index (κ1) is 31.8. The molecule has 0 aromatic heterocycles. The maximum atomic E-state index is 13.4. The Bertz CT molecular complexity index is 1200. The molecule has 0 spiro atoms. The van der Waals surface area contributed by atoms with Crippen molar-refractivity contribution in [1.82, 2.24) is 20.9 Å². The van der Waals surface area contributed by atoms with Gasteiger partial charge < -0.3 is 26.0 Å². The zero-order valence-electron chi connectivity index (χ0n) is 25.2. The summed E-state index contributed by atoms with van der Waals surface area (Å²) in [5.41, 5.74) is 8.19. The molecular weight excluding hydrogens is 544 g/mol. The number of amides is 4. The van der Waals surface area contributed by atoms with E-state index < -0.39 is 0 Å². The van der Waals surface area contributed by atoms with Crippen LogP contribution in [0.2, 0.25) is 0 Å². The molecule has 1 saturated carbocycles. The Kier molecular flexibility index (Phi) is 12.2. The quantitative estimate of drug-likeness (QED) is 0.243. The highest BCUT2D eigenvalue weighted by atomic mass is 16.6. The molecule has 1 aliphatic heterocycles. The van der Waals surface area contributed by atoms with Crippen LogP contribution in [0.1, 0.15) is 62.5 Å². The molecular formula is C33H46N6O4. The van der Waals surface area contributed by atoms with Gasteiger partial charge in [0.25, 0.3) is 0 Å². The summed E-state index contributed by atoms with van der Waals surface area (Å²) in [5, 5.41) is 8.80. The van der Waals surface area contributed by atoms with Crippen LogP contribution in [0.15, 0.2) is 65.7 Å². The van der Waals surface area contributed by atoms with Crippen LogP contribution in [0.4, 0.5) is 9.59 Å². The predicted molar refractivity (Wildman–Crippen MR) is 168 cm³/mol. The summed E-state index contributed by atoms with van der Waals surface area (Å²) in [7, 11) is 0. The monoisotopic (exact) mass is 590 g/mol. The molecule has 10 nitrogen and oxygen atoms in total. The van der Waals surface area contributed by atoms with Gasteiger partial charge in [-0.15, -0.1) is 0 Å². The van der Waals surface area contributed by atoms with E-state index in [1.807, 2.05) is 48.5 Å². The van der Waals surface area contributed by atoms with Gasteiger partial charge in [-0.1, -0.05) is 67.1 Å². The molecule has 43 heavy (non-hydrogen) atoms. The molecule has 3 atom stereocenters. The van der Waals surface area contributed by atoms with Gasteiger partial charge in [-0.2, -0.15) is 0 Å². The summed E-state index contributed by atoms with van der Waals surface area (Å²) in [6.45, 7) is 4.38. The highest BCUT2D eigenvalue weighted by molar-refractivity contribution is 5.95. The number of nitrogens with one attached hydrogen (secondary N) is 3. The maximum absolute atomic E-state index is 13.4. The third kappa shape index (κ3) is 10.3. The lowest BCUT2D eigenvalue weighted by Gasteiger charge is -2.31. The highest BCUT2D eigenvalue weighted by Gasteiger charge is 2.26. The lowest BCUT2D eigenvalue weighted by Crippen LogP contribution is -2.51. The second kappa shape index (κ2) is 16.5. The fourth-order valence-electron chi connectivity index (χ4n) is 6.04. The van der Waals surface area contributed by atoms with Crippen molar-refractivity contribution in [3.8, 4) is 0 Å². The SMILES string of the molecule is CCOC(=O)N1CCC(NC(=O)NC(N)=NCC2CCCC(CNC(=O)C(Cc3ccccc3)c3ccccc3)C2)CC1. The van der Waals surface area contributed by atoms with Crippen LogP contribution in [0, 0.1) is 11.8 Å². The number of aliphatic imine (C=N–C) groups is 1. The molecule has 1 saturated heterocycles. The first-order chi connectivity index (χ1) is 20.9. The normalized spacial score (nSPS) is 20.1. The summed E-state index contributed by atoms with van der Waals surface area (Å²) in [6.07, 6.45) is 5.80. The van der Waals surface area contributed by atoms with Crippen molar-refractivity contribution in [3.63, 3.8) is 0 Å². The molecule has 1 heterocycles. The summed E-state index contributed by atoms with van der Waals surface area (Å²) in [4.78, 5) is 43.8. The Labute approximate surface area is 254 Å². The van der Waals surface area contributed by atoms with E-state index in [-0.39, 0.29) is 36.0 Å². The number of ether oxygens (including phenoxy) is 1. The van der Waals surface area contributed by atoms with E-state index >= 15 is 0 Å². The van der Waals surface area contributed by atoms with Crippen LogP contribution in [0.25, 0.3) is 0 Å². The highest BCUT2D eigenvalue weighted by Crippen LogP contribution is 2.29. The zero-order valence-corrected chi connectivity index (χ0v) is 25.2. The van der Waals surface area contributed by atoms with Crippen LogP contribution in [0.3, 0.4) is 0 Å². The number of carbonyl (C=O) groups excluding carboxylic acids is 3. The smallest absolute Gasteiger partial charge is 0.409 e. The number of nitrogens with zero attached hydrogens (tertiary/aromatic N) is 2. The standard InChI is InChI=1S/C33H46N6O4/c1-2-43-33(42)39-18-16-28(17-19-39)37-32(41)38-31(34)36-23-26-13-9-12-25(20-26)22-35-30(40)29(27-14-7-4-8-15-27)21-24-10-5-3-6-11-24/h3-8,10-11,14-15,25-26,28-29H,2,9,12-13,16-23H2,1H3,(H,35,40)(H4,34,36,37,38,41). The number of piperidine rings is 1. The van der Waals surface area contributed by atoms with Gasteiger partial charge in [-0.25, -0.2) is 9.59 Å². The van der Waals surface area contributed by atoms with E-state index in [1.165, 1.54) is 0 Å². The lowest BCUT2D eigenvalue weighted by molar-refractivity contribution is -0.122. The van der Waals surface area contributed by atoms with Gasteiger partial charge >= 0.3 is 12.1 Å². The minimum atomic E-state index is -0.386. The maximum Gasteiger partial charge on any atom is 0.409 e. The van der Waals surface area contributed by atoms with Gasteiger partial charge in [0.1, 0.15) is 0 Å². The van der Waals surface area contributed by atoms with Crippen molar-refractivity contribution in [1.29, 1.82) is 0 Å². The molecule has 4 amide bonds. The molecule has 2 aromatic rings. The van der Waals surface area contributed by atoms with E-state index in [9.17, 15) is 14.4 Å². The zero-order chi connectivity index (χ0) is 30.4. The fourth-order valence-corrected chi connectivity index (χ4v) is 6.04. The minimum Gasteiger partial charge on any atom is -0.450 e. The molecule has 1 aliphatic carbocycles. The average Bonchev–Trinajstić information content (AvgIpc) is 3.03. The van der Waals surface area contributed by atoms with Gasteiger partial charge in [0.2, 0.25) is 5.91 Å². The van der Waals surface area contributed by atoms with Crippen molar-refractivity contribution in [2.45, 2.75) is 63.8 Å². The van der Waals surface area contributed by atoms with E-state index in [4.69, 9.17) is 10.5 Å². The van der Waals surface area contributed by atoms with E-state index in [2.05, 4.69) is 33.1 Å². The third-order valence-corrected chi connectivity index (χ3v) is 8.38. The number of carbonyl (C=O) groups is 3. The summed E-state index contributed by atoms with van der Waals surface area (Å²) >= 11 is 0. The summed E-state index contributed by atoms with van der Waals surface area (Å²) < 4.78 is 5.04. The van der Waals surface area contributed by atoms with Gasteiger partial charge in [-0.05, 0) is 68.4 Å². The van der Waals surface area contributed by atoms with Crippen molar-refractivity contribution in [2.75, 3.05) is 32.8 Å². The van der Waals surface area contributed by atoms with Crippen molar-refractivity contribution in [3.05, 3.63) is 71.8 Å². The van der Waals surface area contributed by atoms with Crippen molar-refractivity contribution in [2.24, 2.45) is 22.6 Å². The van der Waals surface area contributed by atoms with Crippen LogP contribution in [-0.2, 0) is 16.0 Å².